The highest BCUT2D eigenvalue weighted by atomic mass is 13.9. The van der Waals surface area contributed by atoms with Gasteiger partial charge >= 0.3 is 0 Å². The van der Waals surface area contributed by atoms with Gasteiger partial charge in [0.1, 0.15) is 0 Å². The molecule has 0 amide bonds. The molecule has 0 spiro atoms. The molecule has 0 heterocycles. The van der Waals surface area contributed by atoms with Gasteiger partial charge in [-0.3, -0.25) is 0 Å². The first-order valence-corrected chi connectivity index (χ1v) is 2.94. The van der Waals surface area contributed by atoms with E-state index in [1.807, 2.05) is 0 Å². The molecule has 0 nitrogen and oxygen atoms in total. The molecule has 5 heteroatoms. The van der Waals surface area contributed by atoms with Crippen molar-refractivity contribution in [2.75, 3.05) is 0 Å². The van der Waals surface area contributed by atoms with Crippen LogP contribution in [0.4, 0.5) is 0 Å². The summed E-state index contributed by atoms with van der Waals surface area (Å²) >= 11 is 0. The lowest BCUT2D eigenvalue weighted by Crippen LogP contribution is -2.20. The Morgan fingerprint density at radius 1 is 1.00 bits per heavy atom. The Hall–Kier alpha value is 0.325. The van der Waals surface area contributed by atoms with Crippen LogP contribution in [0.2, 0.25) is 10.8 Å². The molecule has 0 N–H and O–H groups in total. The summed E-state index contributed by atoms with van der Waals surface area (Å²) in [7, 11) is 11.3. The van der Waals surface area contributed by atoms with Crippen molar-refractivity contribution in [3.8, 4) is 0 Å². The average molecular weight is 89.2 g/mol. The van der Waals surface area contributed by atoms with Crippen LogP contribution in [0, 0.1) is 0 Å². The van der Waals surface area contributed by atoms with E-state index in [0.717, 1.165) is 5.72 Å². The summed E-state index contributed by atoms with van der Waals surface area (Å²) in [6.07, 6.45) is 0. The third-order valence-corrected chi connectivity index (χ3v) is 1.73. The topological polar surface area (TPSA) is 0 Å². The van der Waals surface area contributed by atoms with E-state index >= 15 is 0 Å². The lowest BCUT2D eigenvalue weighted by molar-refractivity contribution is 1.15. The fourth-order valence-electron chi connectivity index (χ4n) is 0. The van der Waals surface area contributed by atoms with Crippen molar-refractivity contribution >= 4 is 39.2 Å². The molecular weight excluding hydrogens is 78.1 g/mol. The van der Waals surface area contributed by atoms with Crippen molar-refractivity contribution < 1.29 is 0 Å². The molecular formula is C2H11B5. The molecule has 0 aromatic rings. The van der Waals surface area contributed by atoms with Crippen LogP contribution in [0.1, 0.15) is 0 Å². The highest BCUT2D eigenvalue weighted by molar-refractivity contribution is 6.65. The van der Waals surface area contributed by atoms with Gasteiger partial charge in [0.05, 0.1) is 39.2 Å². The fraction of sp³-hybridized carbons (Fsp3) is 1.00. The van der Waals surface area contributed by atoms with Gasteiger partial charge in [-0.25, -0.2) is 0 Å². The summed E-state index contributed by atoms with van der Waals surface area (Å²) in [5.74, 6) is 0. The maximum absolute atomic E-state index is 2.26. The van der Waals surface area contributed by atoms with E-state index in [0.29, 0.717) is 5.11 Å². The van der Waals surface area contributed by atoms with Crippen LogP contribution in [0.5, 0.6) is 0 Å². The Labute approximate surface area is 50.9 Å². The summed E-state index contributed by atoms with van der Waals surface area (Å²) in [6, 6.07) is 0. The molecule has 0 saturated carbocycles. The highest BCUT2D eigenvalue weighted by Crippen LogP contribution is 2.20. The van der Waals surface area contributed by atoms with Crippen LogP contribution < -0.4 is 0 Å². The zero-order valence-electron chi connectivity index (χ0n) is 6.08. The average Bonchev–Trinajstić information content (AvgIpc) is 1.31. The van der Waals surface area contributed by atoms with E-state index in [9.17, 15) is 0 Å². The molecule has 0 aliphatic rings. The van der Waals surface area contributed by atoms with Gasteiger partial charge in [-0.05, 0) is 0 Å². The maximum atomic E-state index is 2.26. The van der Waals surface area contributed by atoms with Crippen LogP contribution in [0.3, 0.4) is 0 Å². The molecule has 0 aromatic carbocycles. The van der Waals surface area contributed by atoms with Gasteiger partial charge < -0.3 is 0 Å². The third kappa shape index (κ3) is 2.96. The number of rotatable bonds is 1. The lowest BCUT2D eigenvalue weighted by Gasteiger charge is -2.22. The van der Waals surface area contributed by atoms with Gasteiger partial charge in [0, 0.05) is 0 Å². The van der Waals surface area contributed by atoms with Gasteiger partial charge in [0.2, 0.25) is 0 Å². The van der Waals surface area contributed by atoms with E-state index in [1.54, 1.807) is 0 Å². The Morgan fingerprint density at radius 2 is 1.14 bits per heavy atom. The van der Waals surface area contributed by atoms with Crippen LogP contribution >= 0.6 is 0 Å². The molecule has 0 aliphatic carbocycles. The fourth-order valence-corrected chi connectivity index (χ4v) is 0. The largest absolute Gasteiger partial charge is 0.123 e. The minimum atomic E-state index is 0.500. The minimum absolute atomic E-state index is 0.500. The Kier molecular flexibility index (Phi) is 2.16. The molecule has 0 bridgehead atoms. The van der Waals surface area contributed by atoms with Crippen molar-refractivity contribution in [2.45, 2.75) is 10.8 Å². The highest BCUT2D eigenvalue weighted by Gasteiger charge is 2.14. The second-order valence-electron chi connectivity index (χ2n) is 3.52. The predicted molar refractivity (Wildman–Crippen MR) is 49.2 cm³/mol. The molecule has 0 aliphatic heterocycles. The van der Waals surface area contributed by atoms with E-state index in [2.05, 4.69) is 39.2 Å². The zero-order chi connectivity index (χ0) is 6.08. The predicted octanol–water partition coefficient (Wildman–Crippen LogP) is -4.03. The van der Waals surface area contributed by atoms with Gasteiger partial charge in [-0.2, -0.15) is 0 Å². The van der Waals surface area contributed by atoms with Crippen LogP contribution in [-0.4, -0.2) is 39.2 Å². The second kappa shape index (κ2) is 2.06. The Balaban J connectivity index is 3.54. The number of hydrogen-bond donors (Lipinski definition) is 0. The van der Waals surface area contributed by atoms with Crippen molar-refractivity contribution in [1.82, 2.24) is 0 Å². The van der Waals surface area contributed by atoms with Crippen molar-refractivity contribution in [1.29, 1.82) is 0 Å². The van der Waals surface area contributed by atoms with Gasteiger partial charge in [0.25, 0.3) is 0 Å². The summed E-state index contributed by atoms with van der Waals surface area (Å²) in [6.45, 7) is 0. The Bertz CT molecular complexity index is 51.6. The van der Waals surface area contributed by atoms with Crippen molar-refractivity contribution in [3.05, 3.63) is 0 Å². The molecule has 0 rings (SSSR count). The van der Waals surface area contributed by atoms with E-state index in [1.165, 1.54) is 0 Å². The lowest BCUT2D eigenvalue weighted by atomic mass is 9.30. The molecule has 0 saturated heterocycles. The number of hydrogen-bond acceptors (Lipinski definition) is 0. The molecule has 0 unspecified atom stereocenters. The van der Waals surface area contributed by atoms with Crippen LogP contribution in [-0.2, 0) is 0 Å². The van der Waals surface area contributed by atoms with Crippen molar-refractivity contribution in [2.24, 2.45) is 0 Å². The van der Waals surface area contributed by atoms with Crippen molar-refractivity contribution in [3.63, 3.8) is 0 Å². The molecule has 0 fully saturated rings. The minimum Gasteiger partial charge on any atom is -0.123 e. The van der Waals surface area contributed by atoms with E-state index in [-0.39, 0.29) is 0 Å². The van der Waals surface area contributed by atoms with Crippen LogP contribution in [0.25, 0.3) is 0 Å². The summed E-state index contributed by atoms with van der Waals surface area (Å²) in [5.41, 5.74) is 0.799. The van der Waals surface area contributed by atoms with Gasteiger partial charge in [-0.1, -0.05) is 0 Å². The smallest absolute Gasteiger partial charge is 0.0941 e. The molecule has 7 heavy (non-hydrogen) atoms. The second-order valence-corrected chi connectivity index (χ2v) is 3.52. The molecule has 0 aromatic heterocycles. The summed E-state index contributed by atoms with van der Waals surface area (Å²) in [4.78, 5) is 0. The molecule has 34 valence electrons. The monoisotopic (exact) mass is 90.1 g/mol. The van der Waals surface area contributed by atoms with Crippen LogP contribution in [0.15, 0.2) is 0 Å². The third-order valence-electron chi connectivity index (χ3n) is 1.73. The first kappa shape index (κ1) is 7.32. The molecule has 0 atom stereocenters. The van der Waals surface area contributed by atoms with E-state index in [4.69, 9.17) is 0 Å². The quantitative estimate of drug-likeness (QED) is 0.287. The van der Waals surface area contributed by atoms with Gasteiger partial charge in [-0.15, -0.1) is 10.8 Å². The van der Waals surface area contributed by atoms with Gasteiger partial charge in [0.15, 0.2) is 0 Å². The first-order valence-electron chi connectivity index (χ1n) is 2.94. The molecule has 0 radical (unpaired) electrons. The summed E-state index contributed by atoms with van der Waals surface area (Å²) < 4.78 is 0. The first-order chi connectivity index (χ1) is 2.94. The maximum Gasteiger partial charge on any atom is 0.0941 e. The zero-order valence-corrected chi connectivity index (χ0v) is 6.08. The standard InChI is InChI=1S/C2H11B5/c3-1(4)2(5,6)7/h1H,3-7H2. The SMILES string of the molecule is BC(B)C(B)(B)B. The Morgan fingerprint density at radius 3 is 1.14 bits per heavy atom. The summed E-state index contributed by atoms with van der Waals surface area (Å²) in [5, 5.41) is 0.500. The normalized spacial score (nSPS) is 12.1. The van der Waals surface area contributed by atoms with E-state index < -0.39 is 0 Å².